The summed E-state index contributed by atoms with van der Waals surface area (Å²) in [5, 5.41) is 0. The smallest absolute Gasteiger partial charge is 0.233 e. The van der Waals surface area contributed by atoms with Crippen LogP contribution in [-0.2, 0) is 4.79 Å². The van der Waals surface area contributed by atoms with Gasteiger partial charge in [0.15, 0.2) is 4.34 Å². The standard InChI is InChI=1S/C19H19N3OS2/c1-13(15-6-4-5-11-20-15)22(14-9-10-14)18(23)12-24-19-21-16-7-2-3-8-17(16)25-19/h2-8,11,13-14H,9-10,12H2,1H3. The van der Waals surface area contributed by atoms with Gasteiger partial charge in [-0.3, -0.25) is 9.78 Å². The summed E-state index contributed by atoms with van der Waals surface area (Å²) in [6, 6.07) is 14.3. The van der Waals surface area contributed by atoms with Gasteiger partial charge in [-0.2, -0.15) is 0 Å². The van der Waals surface area contributed by atoms with Gasteiger partial charge in [0, 0.05) is 12.2 Å². The SMILES string of the molecule is CC(c1ccccn1)N(C(=O)CSc1nc2ccccc2s1)C1CC1. The van der Waals surface area contributed by atoms with E-state index >= 15 is 0 Å². The first-order valence-corrected chi connectivity index (χ1v) is 10.2. The second-order valence-electron chi connectivity index (χ2n) is 6.20. The van der Waals surface area contributed by atoms with Gasteiger partial charge in [0.25, 0.3) is 0 Å². The molecule has 1 aromatic carbocycles. The molecule has 0 N–H and O–H groups in total. The summed E-state index contributed by atoms with van der Waals surface area (Å²) in [4.78, 5) is 23.9. The molecule has 128 valence electrons. The normalized spacial score (nSPS) is 15.2. The van der Waals surface area contributed by atoms with E-state index < -0.39 is 0 Å². The highest BCUT2D eigenvalue weighted by Gasteiger charge is 2.36. The first-order chi connectivity index (χ1) is 12.2. The number of hydrogen-bond donors (Lipinski definition) is 0. The van der Waals surface area contributed by atoms with Crippen molar-refractivity contribution in [1.29, 1.82) is 0 Å². The minimum Gasteiger partial charge on any atom is -0.331 e. The second-order valence-corrected chi connectivity index (χ2v) is 8.45. The highest BCUT2D eigenvalue weighted by molar-refractivity contribution is 8.01. The van der Waals surface area contributed by atoms with Crippen LogP contribution in [0.5, 0.6) is 0 Å². The van der Waals surface area contributed by atoms with Gasteiger partial charge in [-0.05, 0) is 44.0 Å². The average Bonchev–Trinajstić information content (AvgIpc) is 3.38. The number of carbonyl (C=O) groups is 1. The van der Waals surface area contributed by atoms with Crippen molar-refractivity contribution in [3.8, 4) is 0 Å². The Hall–Kier alpha value is -1.92. The lowest BCUT2D eigenvalue weighted by molar-refractivity contribution is -0.131. The van der Waals surface area contributed by atoms with Crippen LogP contribution >= 0.6 is 23.1 Å². The molecule has 0 spiro atoms. The zero-order valence-electron chi connectivity index (χ0n) is 14.0. The van der Waals surface area contributed by atoms with Gasteiger partial charge >= 0.3 is 0 Å². The lowest BCUT2D eigenvalue weighted by atomic mass is 10.1. The maximum absolute atomic E-state index is 12.9. The Bertz CT molecular complexity index is 844. The number of pyridine rings is 1. The summed E-state index contributed by atoms with van der Waals surface area (Å²) in [6.45, 7) is 2.07. The molecule has 25 heavy (non-hydrogen) atoms. The van der Waals surface area contributed by atoms with E-state index in [1.165, 1.54) is 16.5 Å². The van der Waals surface area contributed by atoms with Crippen LogP contribution in [-0.4, -0.2) is 32.6 Å². The molecule has 4 nitrogen and oxygen atoms in total. The number of benzene rings is 1. The highest BCUT2D eigenvalue weighted by Crippen LogP contribution is 2.35. The van der Waals surface area contributed by atoms with Crippen molar-refractivity contribution >= 4 is 39.2 Å². The molecule has 6 heteroatoms. The van der Waals surface area contributed by atoms with E-state index in [4.69, 9.17) is 0 Å². The van der Waals surface area contributed by atoms with Gasteiger partial charge < -0.3 is 4.90 Å². The third-order valence-electron chi connectivity index (χ3n) is 4.35. The van der Waals surface area contributed by atoms with Crippen molar-refractivity contribution in [3.63, 3.8) is 0 Å². The van der Waals surface area contributed by atoms with Crippen molar-refractivity contribution in [3.05, 3.63) is 54.4 Å². The fourth-order valence-electron chi connectivity index (χ4n) is 2.96. The molecule has 2 heterocycles. The van der Waals surface area contributed by atoms with Crippen LogP contribution in [0.2, 0.25) is 0 Å². The molecule has 0 saturated heterocycles. The molecule has 3 aromatic rings. The Kier molecular flexibility index (Phi) is 4.72. The van der Waals surface area contributed by atoms with Crippen molar-refractivity contribution in [2.45, 2.75) is 36.2 Å². The average molecular weight is 370 g/mol. The fraction of sp³-hybridized carbons (Fsp3) is 0.316. The third kappa shape index (κ3) is 3.70. The minimum atomic E-state index is 0.0113. The number of hydrogen-bond acceptors (Lipinski definition) is 5. The van der Waals surface area contributed by atoms with Gasteiger partial charge in [-0.1, -0.05) is 30.0 Å². The molecule has 2 aromatic heterocycles. The quantitative estimate of drug-likeness (QED) is 0.599. The first-order valence-electron chi connectivity index (χ1n) is 8.43. The lowest BCUT2D eigenvalue weighted by Crippen LogP contribution is -2.37. The van der Waals surface area contributed by atoms with Crippen LogP contribution in [0.1, 0.15) is 31.5 Å². The third-order valence-corrected chi connectivity index (χ3v) is 6.52. The van der Waals surface area contributed by atoms with Crippen LogP contribution in [0.15, 0.2) is 53.0 Å². The molecule has 1 saturated carbocycles. The largest absolute Gasteiger partial charge is 0.331 e. The lowest BCUT2D eigenvalue weighted by Gasteiger charge is -2.29. The summed E-state index contributed by atoms with van der Waals surface area (Å²) in [5.74, 6) is 0.595. The van der Waals surface area contributed by atoms with Crippen molar-refractivity contribution in [1.82, 2.24) is 14.9 Å². The number of aromatic nitrogens is 2. The Morgan fingerprint density at radius 2 is 2.08 bits per heavy atom. The zero-order valence-corrected chi connectivity index (χ0v) is 15.6. The summed E-state index contributed by atoms with van der Waals surface area (Å²) in [6.07, 6.45) is 3.97. The molecule has 1 unspecified atom stereocenters. The van der Waals surface area contributed by atoms with E-state index in [-0.39, 0.29) is 11.9 Å². The predicted molar refractivity (Wildman–Crippen MR) is 103 cm³/mol. The molecule has 1 amide bonds. The molecular formula is C19H19N3OS2. The number of rotatable bonds is 6. The summed E-state index contributed by atoms with van der Waals surface area (Å²) >= 11 is 3.18. The molecule has 0 bridgehead atoms. The zero-order chi connectivity index (χ0) is 17.2. The van der Waals surface area contributed by atoms with Crippen molar-refractivity contribution < 1.29 is 4.79 Å². The number of amides is 1. The maximum atomic E-state index is 12.9. The van der Waals surface area contributed by atoms with Crippen LogP contribution in [0, 0.1) is 0 Å². The fourth-order valence-corrected chi connectivity index (χ4v) is 4.90. The van der Waals surface area contributed by atoms with Crippen LogP contribution in [0.3, 0.4) is 0 Å². The van der Waals surface area contributed by atoms with Gasteiger partial charge in [-0.25, -0.2) is 4.98 Å². The second kappa shape index (κ2) is 7.14. The van der Waals surface area contributed by atoms with Gasteiger partial charge in [0.05, 0.1) is 27.7 Å². The summed E-state index contributed by atoms with van der Waals surface area (Å²) in [5.41, 5.74) is 1.95. The molecule has 1 fully saturated rings. The topological polar surface area (TPSA) is 46.1 Å². The van der Waals surface area contributed by atoms with Crippen LogP contribution in [0.25, 0.3) is 10.2 Å². The van der Waals surface area contributed by atoms with E-state index in [2.05, 4.69) is 23.0 Å². The monoisotopic (exact) mass is 369 g/mol. The molecule has 1 atom stereocenters. The van der Waals surface area contributed by atoms with E-state index in [9.17, 15) is 4.79 Å². The molecule has 1 aliphatic rings. The molecule has 0 radical (unpaired) electrons. The van der Waals surface area contributed by atoms with Crippen molar-refractivity contribution in [2.75, 3.05) is 5.75 Å². The predicted octanol–water partition coefficient (Wildman–Crippen LogP) is 4.54. The Labute approximate surface area is 155 Å². The van der Waals surface area contributed by atoms with Crippen molar-refractivity contribution in [2.24, 2.45) is 0 Å². The molecular weight excluding hydrogens is 350 g/mol. The number of carbonyl (C=O) groups excluding carboxylic acids is 1. The van der Waals surface area contributed by atoms with E-state index in [0.29, 0.717) is 11.8 Å². The highest BCUT2D eigenvalue weighted by atomic mass is 32.2. The van der Waals surface area contributed by atoms with Gasteiger partial charge in [0.2, 0.25) is 5.91 Å². The van der Waals surface area contributed by atoms with Crippen LogP contribution in [0.4, 0.5) is 0 Å². The molecule has 0 aliphatic heterocycles. The summed E-state index contributed by atoms with van der Waals surface area (Å²) < 4.78 is 2.12. The minimum absolute atomic E-state index is 0.0113. The Balaban J connectivity index is 1.46. The number of para-hydroxylation sites is 1. The van der Waals surface area contributed by atoms with E-state index in [0.717, 1.165) is 28.4 Å². The number of nitrogens with zero attached hydrogens (tertiary/aromatic N) is 3. The number of thioether (sulfide) groups is 1. The number of thiazole rings is 1. The van der Waals surface area contributed by atoms with Gasteiger partial charge in [-0.15, -0.1) is 11.3 Å². The first kappa shape index (κ1) is 16.5. The molecule has 1 aliphatic carbocycles. The number of fused-ring (bicyclic) bond motifs is 1. The van der Waals surface area contributed by atoms with E-state index in [1.807, 2.05) is 41.3 Å². The maximum Gasteiger partial charge on any atom is 0.233 e. The van der Waals surface area contributed by atoms with E-state index in [1.54, 1.807) is 17.5 Å². The van der Waals surface area contributed by atoms with Crippen LogP contribution < -0.4 is 0 Å². The Morgan fingerprint density at radius 3 is 2.80 bits per heavy atom. The molecule has 4 rings (SSSR count). The Morgan fingerprint density at radius 1 is 1.28 bits per heavy atom. The van der Waals surface area contributed by atoms with Gasteiger partial charge in [0.1, 0.15) is 0 Å². The summed E-state index contributed by atoms with van der Waals surface area (Å²) in [7, 11) is 0.